The van der Waals surface area contributed by atoms with Gasteiger partial charge in [-0.05, 0) is 45.1 Å². The minimum Gasteiger partial charge on any atom is -0.344 e. The molecule has 2 N–H and O–H groups in total. The summed E-state index contributed by atoms with van der Waals surface area (Å²) in [6.07, 6.45) is 6.68. The summed E-state index contributed by atoms with van der Waals surface area (Å²) < 4.78 is 0. The highest BCUT2D eigenvalue weighted by atomic mass is 15.0. The molecule has 0 saturated heterocycles. The van der Waals surface area contributed by atoms with Crippen molar-refractivity contribution in [2.24, 2.45) is 5.92 Å². The van der Waals surface area contributed by atoms with Gasteiger partial charge in [0.2, 0.25) is 0 Å². The van der Waals surface area contributed by atoms with E-state index in [1.165, 1.54) is 43.5 Å². The maximum absolute atomic E-state index is 4.78. The average Bonchev–Trinajstić information content (AvgIpc) is 2.79. The van der Waals surface area contributed by atoms with E-state index in [0.717, 1.165) is 18.3 Å². The minimum atomic E-state index is 0.369. The molecule has 0 bridgehead atoms. The van der Waals surface area contributed by atoms with Crippen molar-refractivity contribution in [1.82, 2.24) is 15.3 Å². The smallest absolute Gasteiger partial charge is 0.123 e. The SMILES string of the molecule is CC1CCc2[nH]c(C(C)NCC3CCC3)nc21. The van der Waals surface area contributed by atoms with E-state index in [1.54, 1.807) is 0 Å². The van der Waals surface area contributed by atoms with Crippen molar-refractivity contribution in [1.29, 1.82) is 0 Å². The maximum Gasteiger partial charge on any atom is 0.123 e. The van der Waals surface area contributed by atoms with Gasteiger partial charge in [-0.3, -0.25) is 0 Å². The number of fused-ring (bicyclic) bond motifs is 1. The van der Waals surface area contributed by atoms with Gasteiger partial charge in [0.15, 0.2) is 0 Å². The molecule has 2 aliphatic carbocycles. The Kier molecular flexibility index (Phi) is 2.95. The summed E-state index contributed by atoms with van der Waals surface area (Å²) in [6, 6.07) is 0.369. The zero-order chi connectivity index (χ0) is 11.8. The van der Waals surface area contributed by atoms with Gasteiger partial charge in [0, 0.05) is 11.6 Å². The zero-order valence-corrected chi connectivity index (χ0v) is 10.9. The first kappa shape index (κ1) is 11.3. The Morgan fingerprint density at radius 1 is 1.41 bits per heavy atom. The molecule has 1 fully saturated rings. The number of nitrogens with zero attached hydrogens (tertiary/aromatic N) is 1. The van der Waals surface area contributed by atoms with Gasteiger partial charge < -0.3 is 10.3 Å². The van der Waals surface area contributed by atoms with Crippen molar-refractivity contribution in [2.75, 3.05) is 6.54 Å². The van der Waals surface area contributed by atoms with Crippen molar-refractivity contribution in [3.05, 3.63) is 17.2 Å². The van der Waals surface area contributed by atoms with E-state index in [1.807, 2.05) is 0 Å². The first-order valence-electron chi connectivity index (χ1n) is 7.06. The van der Waals surface area contributed by atoms with Gasteiger partial charge in [-0.2, -0.15) is 0 Å². The third-order valence-electron chi connectivity index (χ3n) is 4.47. The van der Waals surface area contributed by atoms with Crippen LogP contribution in [0.1, 0.15) is 68.7 Å². The number of aromatic nitrogens is 2. The average molecular weight is 233 g/mol. The summed E-state index contributed by atoms with van der Waals surface area (Å²) in [5.41, 5.74) is 2.70. The number of hydrogen-bond acceptors (Lipinski definition) is 2. The van der Waals surface area contributed by atoms with Gasteiger partial charge in [0.1, 0.15) is 5.82 Å². The quantitative estimate of drug-likeness (QED) is 0.839. The number of aryl methyl sites for hydroxylation is 1. The van der Waals surface area contributed by atoms with Gasteiger partial charge in [-0.1, -0.05) is 13.3 Å². The third-order valence-corrected chi connectivity index (χ3v) is 4.47. The van der Waals surface area contributed by atoms with Gasteiger partial charge in [0.25, 0.3) is 0 Å². The molecule has 94 valence electrons. The molecule has 3 nitrogen and oxygen atoms in total. The number of hydrogen-bond donors (Lipinski definition) is 2. The summed E-state index contributed by atoms with van der Waals surface area (Å²) in [7, 11) is 0. The summed E-state index contributed by atoms with van der Waals surface area (Å²) in [5.74, 6) is 2.70. The minimum absolute atomic E-state index is 0.369. The number of aromatic amines is 1. The van der Waals surface area contributed by atoms with Crippen molar-refractivity contribution in [2.45, 2.75) is 57.9 Å². The molecule has 1 heterocycles. The van der Waals surface area contributed by atoms with Crippen LogP contribution in [0, 0.1) is 5.92 Å². The molecule has 2 aliphatic rings. The molecular weight excluding hydrogens is 210 g/mol. The van der Waals surface area contributed by atoms with Crippen molar-refractivity contribution < 1.29 is 0 Å². The lowest BCUT2D eigenvalue weighted by Gasteiger charge is -2.26. The molecular formula is C14H23N3. The van der Waals surface area contributed by atoms with E-state index in [-0.39, 0.29) is 0 Å². The largest absolute Gasteiger partial charge is 0.344 e. The van der Waals surface area contributed by atoms with Crippen LogP contribution < -0.4 is 5.32 Å². The van der Waals surface area contributed by atoms with Gasteiger partial charge in [-0.25, -0.2) is 4.98 Å². The zero-order valence-electron chi connectivity index (χ0n) is 10.9. The van der Waals surface area contributed by atoms with Gasteiger partial charge in [0.05, 0.1) is 11.7 Å². The van der Waals surface area contributed by atoms with E-state index >= 15 is 0 Å². The van der Waals surface area contributed by atoms with Crippen LogP contribution in [0.15, 0.2) is 0 Å². The lowest BCUT2D eigenvalue weighted by molar-refractivity contribution is 0.290. The molecule has 0 radical (unpaired) electrons. The molecule has 2 atom stereocenters. The fourth-order valence-electron chi connectivity index (χ4n) is 2.88. The molecule has 1 aromatic rings. The second-order valence-corrected chi connectivity index (χ2v) is 5.85. The molecule has 3 rings (SSSR count). The molecule has 0 amide bonds. The fraction of sp³-hybridized carbons (Fsp3) is 0.786. The summed E-state index contributed by atoms with van der Waals surface area (Å²) in [5, 5.41) is 3.61. The molecule has 0 aromatic carbocycles. The van der Waals surface area contributed by atoms with Gasteiger partial charge in [-0.15, -0.1) is 0 Å². The van der Waals surface area contributed by atoms with Crippen LogP contribution in [0.25, 0.3) is 0 Å². The number of nitrogens with one attached hydrogen (secondary N) is 2. The number of imidazole rings is 1. The fourth-order valence-corrected chi connectivity index (χ4v) is 2.88. The Morgan fingerprint density at radius 2 is 2.24 bits per heavy atom. The van der Waals surface area contributed by atoms with Gasteiger partial charge >= 0.3 is 0 Å². The van der Waals surface area contributed by atoms with Crippen molar-refractivity contribution in [3.63, 3.8) is 0 Å². The van der Waals surface area contributed by atoms with Crippen LogP contribution in [-0.4, -0.2) is 16.5 Å². The number of H-pyrrole nitrogens is 1. The van der Waals surface area contributed by atoms with Crippen LogP contribution in [0.3, 0.4) is 0 Å². The highest BCUT2D eigenvalue weighted by Crippen LogP contribution is 2.32. The Labute approximate surface area is 103 Å². The predicted molar refractivity (Wildman–Crippen MR) is 69.1 cm³/mol. The molecule has 2 unspecified atom stereocenters. The lowest BCUT2D eigenvalue weighted by Crippen LogP contribution is -2.29. The molecule has 1 saturated carbocycles. The molecule has 0 aliphatic heterocycles. The number of rotatable bonds is 4. The summed E-state index contributed by atoms with van der Waals surface area (Å²) in [6.45, 7) is 5.66. The Hall–Kier alpha value is -0.830. The standard InChI is InChI=1S/C14H23N3/c1-9-6-7-12-13(9)17-14(16-12)10(2)15-8-11-4-3-5-11/h9-11,15H,3-8H2,1-2H3,(H,16,17). The summed E-state index contributed by atoms with van der Waals surface area (Å²) in [4.78, 5) is 8.29. The molecule has 1 aromatic heterocycles. The van der Waals surface area contributed by atoms with E-state index in [0.29, 0.717) is 12.0 Å². The molecule has 17 heavy (non-hydrogen) atoms. The van der Waals surface area contributed by atoms with Crippen LogP contribution >= 0.6 is 0 Å². The normalized spacial score (nSPS) is 25.6. The topological polar surface area (TPSA) is 40.7 Å². The first-order chi connectivity index (χ1) is 8.24. The van der Waals surface area contributed by atoms with E-state index in [9.17, 15) is 0 Å². The third kappa shape index (κ3) is 2.13. The lowest BCUT2D eigenvalue weighted by atomic mass is 9.85. The predicted octanol–water partition coefficient (Wildman–Crippen LogP) is 2.91. The summed E-state index contributed by atoms with van der Waals surface area (Å²) >= 11 is 0. The molecule has 0 spiro atoms. The Balaban J connectivity index is 1.61. The monoisotopic (exact) mass is 233 g/mol. The Bertz CT molecular complexity index is 392. The second-order valence-electron chi connectivity index (χ2n) is 5.85. The highest BCUT2D eigenvalue weighted by molar-refractivity contribution is 5.24. The highest BCUT2D eigenvalue weighted by Gasteiger charge is 2.25. The van der Waals surface area contributed by atoms with Crippen molar-refractivity contribution in [3.8, 4) is 0 Å². The van der Waals surface area contributed by atoms with E-state index < -0.39 is 0 Å². The maximum atomic E-state index is 4.78. The Morgan fingerprint density at radius 3 is 2.88 bits per heavy atom. The van der Waals surface area contributed by atoms with Crippen LogP contribution in [-0.2, 0) is 6.42 Å². The van der Waals surface area contributed by atoms with Crippen LogP contribution in [0.4, 0.5) is 0 Å². The first-order valence-corrected chi connectivity index (χ1v) is 7.06. The second kappa shape index (κ2) is 4.45. The molecule has 3 heteroatoms. The van der Waals surface area contributed by atoms with E-state index in [4.69, 9.17) is 4.98 Å². The van der Waals surface area contributed by atoms with E-state index in [2.05, 4.69) is 24.1 Å². The van der Waals surface area contributed by atoms with Crippen molar-refractivity contribution >= 4 is 0 Å². The van der Waals surface area contributed by atoms with Crippen LogP contribution in [0.5, 0.6) is 0 Å². The van der Waals surface area contributed by atoms with Crippen LogP contribution in [0.2, 0.25) is 0 Å².